The minimum Gasteiger partial charge on any atom is -0.299 e. The Morgan fingerprint density at radius 1 is 1.16 bits per heavy atom. The number of aryl methyl sites for hydroxylation is 1. The average molecular weight is 440 g/mol. The van der Waals surface area contributed by atoms with Crippen molar-refractivity contribution in [3.63, 3.8) is 0 Å². The van der Waals surface area contributed by atoms with Crippen molar-refractivity contribution in [2.24, 2.45) is 5.92 Å². The Hall–Kier alpha value is -2.18. The van der Waals surface area contributed by atoms with Crippen molar-refractivity contribution in [1.29, 1.82) is 0 Å². The molecule has 0 aliphatic carbocycles. The SMILES string of the molecule is CCCS(=O)(=O)Cc1cc(CN2CCC[C@H](Cc3ccc4[nH]ncc4c3)C2)ccc1C. The van der Waals surface area contributed by atoms with Crippen LogP contribution in [-0.2, 0) is 28.6 Å². The van der Waals surface area contributed by atoms with E-state index in [9.17, 15) is 8.42 Å². The fraction of sp³-hybridized carbons (Fsp3) is 0.480. The Labute approximate surface area is 185 Å². The molecule has 0 bridgehead atoms. The van der Waals surface area contributed by atoms with Crippen molar-refractivity contribution >= 4 is 20.7 Å². The summed E-state index contributed by atoms with van der Waals surface area (Å²) in [6, 6.07) is 12.9. The second kappa shape index (κ2) is 9.53. The van der Waals surface area contributed by atoms with Crippen molar-refractivity contribution in [3.8, 4) is 0 Å². The van der Waals surface area contributed by atoms with E-state index in [1.54, 1.807) is 0 Å². The quantitative estimate of drug-likeness (QED) is 0.555. The molecule has 3 aromatic rings. The van der Waals surface area contributed by atoms with E-state index in [4.69, 9.17) is 0 Å². The van der Waals surface area contributed by atoms with Gasteiger partial charge in [-0.25, -0.2) is 8.42 Å². The van der Waals surface area contributed by atoms with Gasteiger partial charge in [0.1, 0.15) is 0 Å². The van der Waals surface area contributed by atoms with Crippen molar-refractivity contribution in [2.75, 3.05) is 18.8 Å². The van der Waals surface area contributed by atoms with Crippen LogP contribution >= 0.6 is 0 Å². The summed E-state index contributed by atoms with van der Waals surface area (Å²) in [5.74, 6) is 1.06. The highest BCUT2D eigenvalue weighted by Crippen LogP contribution is 2.25. The molecule has 1 atom stereocenters. The number of nitrogens with one attached hydrogen (secondary N) is 1. The number of sulfone groups is 1. The molecule has 0 spiro atoms. The third-order valence-corrected chi connectivity index (χ3v) is 8.12. The van der Waals surface area contributed by atoms with Gasteiger partial charge in [-0.05, 0) is 79.5 Å². The second-order valence-corrected chi connectivity index (χ2v) is 11.3. The first-order valence-corrected chi connectivity index (χ1v) is 13.2. The molecule has 1 aliphatic rings. The van der Waals surface area contributed by atoms with E-state index in [2.05, 4.69) is 51.5 Å². The van der Waals surface area contributed by atoms with Gasteiger partial charge < -0.3 is 0 Å². The van der Waals surface area contributed by atoms with Gasteiger partial charge in [-0.15, -0.1) is 0 Å². The van der Waals surface area contributed by atoms with Crippen LogP contribution in [-0.4, -0.2) is 42.4 Å². The number of hydrogen-bond donors (Lipinski definition) is 1. The third-order valence-electron chi connectivity index (χ3n) is 6.34. The molecule has 2 heterocycles. The second-order valence-electron chi connectivity index (χ2n) is 9.09. The zero-order valence-electron chi connectivity index (χ0n) is 18.6. The summed E-state index contributed by atoms with van der Waals surface area (Å²) in [4.78, 5) is 2.53. The van der Waals surface area contributed by atoms with Crippen molar-refractivity contribution < 1.29 is 8.42 Å². The molecule has 166 valence electrons. The number of likely N-dealkylation sites (tertiary alicyclic amines) is 1. The predicted octanol–water partition coefficient (Wildman–Crippen LogP) is 4.65. The summed E-state index contributed by atoms with van der Waals surface area (Å²) >= 11 is 0. The highest BCUT2D eigenvalue weighted by molar-refractivity contribution is 7.90. The number of aromatic nitrogens is 2. The Morgan fingerprint density at radius 3 is 2.84 bits per heavy atom. The first kappa shape index (κ1) is 22.0. The molecule has 1 aromatic heterocycles. The van der Waals surface area contributed by atoms with Gasteiger partial charge in [-0.2, -0.15) is 5.10 Å². The van der Waals surface area contributed by atoms with Crippen LogP contribution in [0.2, 0.25) is 0 Å². The number of rotatable bonds is 8. The molecule has 1 N–H and O–H groups in total. The number of hydrogen-bond acceptors (Lipinski definition) is 4. The normalized spacial score (nSPS) is 17.9. The van der Waals surface area contributed by atoms with Crippen LogP contribution in [0.5, 0.6) is 0 Å². The fourth-order valence-electron chi connectivity index (χ4n) is 4.77. The van der Waals surface area contributed by atoms with E-state index in [1.807, 2.05) is 20.0 Å². The molecule has 0 radical (unpaired) electrons. The highest BCUT2D eigenvalue weighted by atomic mass is 32.2. The maximum absolute atomic E-state index is 12.3. The summed E-state index contributed by atoms with van der Waals surface area (Å²) in [5.41, 5.74) is 5.69. The Balaban J connectivity index is 1.40. The summed E-state index contributed by atoms with van der Waals surface area (Å²) in [5, 5.41) is 8.32. The Morgan fingerprint density at radius 2 is 2.00 bits per heavy atom. The highest BCUT2D eigenvalue weighted by Gasteiger charge is 2.21. The number of piperidine rings is 1. The van der Waals surface area contributed by atoms with Crippen LogP contribution in [0.1, 0.15) is 48.4 Å². The molecular formula is C25H33N3O2S. The largest absolute Gasteiger partial charge is 0.299 e. The van der Waals surface area contributed by atoms with E-state index in [-0.39, 0.29) is 11.5 Å². The zero-order chi connectivity index (χ0) is 21.8. The van der Waals surface area contributed by atoms with E-state index in [0.717, 1.165) is 42.7 Å². The minimum atomic E-state index is -3.03. The van der Waals surface area contributed by atoms with Crippen molar-refractivity contribution in [2.45, 2.75) is 51.8 Å². The minimum absolute atomic E-state index is 0.152. The van der Waals surface area contributed by atoms with Gasteiger partial charge in [0.05, 0.1) is 23.2 Å². The molecule has 6 heteroatoms. The van der Waals surface area contributed by atoms with Crippen molar-refractivity contribution in [3.05, 3.63) is 64.8 Å². The summed E-state index contributed by atoms with van der Waals surface area (Å²) in [6.07, 6.45) is 6.12. The molecule has 5 nitrogen and oxygen atoms in total. The molecule has 2 aromatic carbocycles. The first-order chi connectivity index (χ1) is 14.9. The van der Waals surface area contributed by atoms with E-state index >= 15 is 0 Å². The van der Waals surface area contributed by atoms with E-state index in [0.29, 0.717) is 12.3 Å². The van der Waals surface area contributed by atoms with Crippen LogP contribution in [0.25, 0.3) is 10.9 Å². The molecule has 1 fully saturated rings. The van der Waals surface area contributed by atoms with Crippen LogP contribution in [0.15, 0.2) is 42.6 Å². The average Bonchev–Trinajstić information content (AvgIpc) is 3.18. The number of aromatic amines is 1. The van der Waals surface area contributed by atoms with Crippen molar-refractivity contribution in [1.82, 2.24) is 15.1 Å². The molecule has 0 unspecified atom stereocenters. The molecule has 0 saturated carbocycles. The summed E-state index contributed by atoms with van der Waals surface area (Å²) in [6.45, 7) is 7.00. The van der Waals surface area contributed by atoms with Crippen LogP contribution in [0.3, 0.4) is 0 Å². The van der Waals surface area contributed by atoms with Gasteiger partial charge in [-0.3, -0.25) is 10.00 Å². The Bertz CT molecular complexity index is 1140. The predicted molar refractivity (Wildman–Crippen MR) is 127 cm³/mol. The first-order valence-electron chi connectivity index (χ1n) is 11.3. The molecule has 0 amide bonds. The number of fused-ring (bicyclic) bond motifs is 1. The lowest BCUT2D eigenvalue weighted by Gasteiger charge is -2.33. The number of H-pyrrole nitrogens is 1. The maximum atomic E-state index is 12.3. The molecule has 31 heavy (non-hydrogen) atoms. The third kappa shape index (κ3) is 5.74. The van der Waals surface area contributed by atoms with Gasteiger partial charge in [-0.1, -0.05) is 31.2 Å². The monoisotopic (exact) mass is 439 g/mol. The lowest BCUT2D eigenvalue weighted by atomic mass is 9.90. The molecule has 1 saturated heterocycles. The number of nitrogens with zero attached hydrogens (tertiary/aromatic N) is 2. The summed E-state index contributed by atoms with van der Waals surface area (Å²) in [7, 11) is -3.03. The van der Waals surface area contributed by atoms with Gasteiger partial charge in [0.2, 0.25) is 0 Å². The van der Waals surface area contributed by atoms with Crippen LogP contribution in [0.4, 0.5) is 0 Å². The van der Waals surface area contributed by atoms with Crippen LogP contribution < -0.4 is 0 Å². The molecular weight excluding hydrogens is 406 g/mol. The van der Waals surface area contributed by atoms with Crippen LogP contribution in [0, 0.1) is 12.8 Å². The lowest BCUT2D eigenvalue weighted by molar-refractivity contribution is 0.167. The Kier molecular flexibility index (Phi) is 6.77. The van der Waals surface area contributed by atoms with Gasteiger partial charge >= 0.3 is 0 Å². The summed E-state index contributed by atoms with van der Waals surface area (Å²) < 4.78 is 24.6. The smallest absolute Gasteiger partial charge is 0.154 e. The molecule has 1 aliphatic heterocycles. The van der Waals surface area contributed by atoms with E-state index < -0.39 is 9.84 Å². The van der Waals surface area contributed by atoms with Gasteiger partial charge in [0, 0.05) is 18.5 Å². The standard InChI is InChI=1S/C25H33N3O2S/c1-3-11-31(29,30)18-24-14-22(7-6-19(24)2)17-28-10-4-5-21(16-28)12-20-8-9-25-23(13-20)15-26-27-25/h6-9,13-15,21H,3-5,10-12,16-18H2,1-2H3,(H,26,27)/t21-/m1/s1. The van der Waals surface area contributed by atoms with Gasteiger partial charge in [0.25, 0.3) is 0 Å². The maximum Gasteiger partial charge on any atom is 0.154 e. The zero-order valence-corrected chi connectivity index (χ0v) is 19.4. The number of benzene rings is 2. The topological polar surface area (TPSA) is 66.1 Å². The van der Waals surface area contributed by atoms with E-state index in [1.165, 1.54) is 29.4 Å². The molecule has 4 rings (SSSR count). The van der Waals surface area contributed by atoms with Gasteiger partial charge in [0.15, 0.2) is 9.84 Å². The fourth-order valence-corrected chi connectivity index (χ4v) is 6.32. The lowest BCUT2D eigenvalue weighted by Crippen LogP contribution is -2.35.